The Bertz CT molecular complexity index is 1110. The standard InChI is InChI=1S/C22H23N5O3S/c1-29-17-8-5-9-18(30-2)21(17)16-13-23-26-22(25-16)27(11-6-12-28)14-20-24-15-7-3-4-10-19(15)31-20/h3-5,7-10,13,28H,6,11-12,14H2,1-2H3. The molecule has 0 spiro atoms. The van der Waals surface area contributed by atoms with Gasteiger partial charge < -0.3 is 19.5 Å². The second-order valence-electron chi connectivity index (χ2n) is 6.75. The summed E-state index contributed by atoms with van der Waals surface area (Å²) >= 11 is 1.64. The molecule has 0 atom stereocenters. The monoisotopic (exact) mass is 437 g/mol. The number of benzene rings is 2. The van der Waals surface area contributed by atoms with E-state index in [0.717, 1.165) is 15.2 Å². The summed E-state index contributed by atoms with van der Waals surface area (Å²) in [5.74, 6) is 1.73. The molecule has 0 fully saturated rings. The van der Waals surface area contributed by atoms with Gasteiger partial charge in [-0.1, -0.05) is 18.2 Å². The topological polar surface area (TPSA) is 93.5 Å². The number of aliphatic hydroxyl groups excluding tert-OH is 1. The molecular formula is C22H23N5O3S. The number of hydrogen-bond donors (Lipinski definition) is 1. The molecule has 0 unspecified atom stereocenters. The van der Waals surface area contributed by atoms with Gasteiger partial charge in [-0.2, -0.15) is 5.10 Å². The van der Waals surface area contributed by atoms with Gasteiger partial charge in [-0.3, -0.25) is 0 Å². The predicted octanol–water partition coefficient (Wildman–Crippen LogP) is 3.55. The third-order valence-electron chi connectivity index (χ3n) is 4.76. The molecule has 0 amide bonds. The van der Waals surface area contributed by atoms with Gasteiger partial charge in [0.05, 0.1) is 42.7 Å². The Labute approximate surface area is 184 Å². The smallest absolute Gasteiger partial charge is 0.246 e. The first-order valence-corrected chi connectivity index (χ1v) is 10.7. The number of ether oxygens (including phenoxy) is 2. The van der Waals surface area contributed by atoms with Crippen molar-refractivity contribution in [3.05, 3.63) is 53.7 Å². The van der Waals surface area contributed by atoms with Crippen LogP contribution >= 0.6 is 11.3 Å². The van der Waals surface area contributed by atoms with E-state index in [2.05, 4.69) is 16.3 Å². The average Bonchev–Trinajstić information content (AvgIpc) is 3.23. The number of aliphatic hydroxyl groups is 1. The number of rotatable bonds is 9. The molecule has 9 heteroatoms. The molecule has 4 aromatic rings. The third kappa shape index (κ3) is 4.57. The third-order valence-corrected chi connectivity index (χ3v) is 5.79. The Morgan fingerprint density at radius 2 is 1.77 bits per heavy atom. The number of fused-ring (bicyclic) bond motifs is 1. The van der Waals surface area contributed by atoms with Crippen molar-refractivity contribution in [2.75, 3.05) is 32.3 Å². The van der Waals surface area contributed by atoms with Crippen molar-refractivity contribution in [2.45, 2.75) is 13.0 Å². The fraction of sp³-hybridized carbons (Fsp3) is 0.273. The number of anilines is 1. The zero-order valence-electron chi connectivity index (χ0n) is 17.4. The van der Waals surface area contributed by atoms with E-state index in [4.69, 9.17) is 19.4 Å². The highest BCUT2D eigenvalue weighted by Gasteiger charge is 2.18. The molecule has 0 bridgehead atoms. The van der Waals surface area contributed by atoms with Crippen LogP contribution in [0.25, 0.3) is 21.5 Å². The fourth-order valence-electron chi connectivity index (χ4n) is 3.31. The summed E-state index contributed by atoms with van der Waals surface area (Å²) in [6.07, 6.45) is 2.17. The summed E-state index contributed by atoms with van der Waals surface area (Å²) in [4.78, 5) is 11.4. The van der Waals surface area contributed by atoms with Gasteiger partial charge in [0.15, 0.2) is 0 Å². The molecule has 2 aromatic heterocycles. The van der Waals surface area contributed by atoms with Crippen LogP contribution in [0.3, 0.4) is 0 Å². The van der Waals surface area contributed by atoms with E-state index < -0.39 is 0 Å². The molecule has 0 saturated heterocycles. The lowest BCUT2D eigenvalue weighted by Gasteiger charge is -2.21. The Morgan fingerprint density at radius 3 is 2.48 bits per heavy atom. The van der Waals surface area contributed by atoms with Crippen LogP contribution in [0.4, 0.5) is 5.95 Å². The summed E-state index contributed by atoms with van der Waals surface area (Å²) < 4.78 is 12.2. The molecule has 160 valence electrons. The fourth-order valence-corrected chi connectivity index (χ4v) is 4.30. The van der Waals surface area contributed by atoms with Crippen LogP contribution in [0, 0.1) is 0 Å². The summed E-state index contributed by atoms with van der Waals surface area (Å²) in [6, 6.07) is 13.6. The second kappa shape index (κ2) is 9.67. The molecule has 0 radical (unpaired) electrons. The summed E-state index contributed by atoms with van der Waals surface area (Å²) in [5, 5.41) is 18.8. The van der Waals surface area contributed by atoms with Crippen molar-refractivity contribution in [1.82, 2.24) is 20.2 Å². The molecule has 0 aliphatic rings. The Kier molecular flexibility index (Phi) is 6.54. The number of hydrogen-bond acceptors (Lipinski definition) is 9. The molecule has 4 rings (SSSR count). The molecule has 31 heavy (non-hydrogen) atoms. The number of thiazole rings is 1. The van der Waals surface area contributed by atoms with E-state index in [-0.39, 0.29) is 6.61 Å². The van der Waals surface area contributed by atoms with Gasteiger partial charge >= 0.3 is 0 Å². The number of methoxy groups -OCH3 is 2. The van der Waals surface area contributed by atoms with Crippen LogP contribution in [0.5, 0.6) is 11.5 Å². The van der Waals surface area contributed by atoms with Gasteiger partial charge in [0.2, 0.25) is 5.95 Å². The lowest BCUT2D eigenvalue weighted by molar-refractivity contribution is 0.289. The average molecular weight is 438 g/mol. The summed E-state index contributed by atoms with van der Waals surface area (Å²) in [7, 11) is 3.21. The van der Waals surface area contributed by atoms with Crippen molar-refractivity contribution < 1.29 is 14.6 Å². The van der Waals surface area contributed by atoms with Crippen molar-refractivity contribution >= 4 is 27.5 Å². The Balaban J connectivity index is 1.70. The van der Waals surface area contributed by atoms with E-state index >= 15 is 0 Å². The molecule has 2 aromatic carbocycles. The maximum atomic E-state index is 9.38. The minimum absolute atomic E-state index is 0.0732. The van der Waals surface area contributed by atoms with Gasteiger partial charge in [-0.05, 0) is 30.7 Å². The number of para-hydroxylation sites is 1. The van der Waals surface area contributed by atoms with E-state index in [1.165, 1.54) is 0 Å². The first kappa shape index (κ1) is 21.0. The minimum Gasteiger partial charge on any atom is -0.496 e. The first-order chi connectivity index (χ1) is 15.2. The zero-order chi connectivity index (χ0) is 21.6. The normalized spacial score (nSPS) is 10.9. The predicted molar refractivity (Wildman–Crippen MR) is 121 cm³/mol. The maximum Gasteiger partial charge on any atom is 0.246 e. The highest BCUT2D eigenvalue weighted by Crippen LogP contribution is 2.37. The van der Waals surface area contributed by atoms with Crippen molar-refractivity contribution in [1.29, 1.82) is 0 Å². The van der Waals surface area contributed by atoms with Crippen LogP contribution in [-0.2, 0) is 6.54 Å². The first-order valence-electron chi connectivity index (χ1n) is 9.85. The second-order valence-corrected chi connectivity index (χ2v) is 7.87. The lowest BCUT2D eigenvalue weighted by atomic mass is 10.1. The van der Waals surface area contributed by atoms with Crippen molar-refractivity contribution in [3.63, 3.8) is 0 Å². The molecule has 8 nitrogen and oxygen atoms in total. The molecule has 1 N–H and O–H groups in total. The highest BCUT2D eigenvalue weighted by atomic mass is 32.1. The zero-order valence-corrected chi connectivity index (χ0v) is 18.2. The van der Waals surface area contributed by atoms with Crippen LogP contribution in [0.1, 0.15) is 11.4 Å². The maximum absolute atomic E-state index is 9.38. The Hall–Kier alpha value is -3.30. The largest absolute Gasteiger partial charge is 0.496 e. The van der Waals surface area contributed by atoms with Crippen LogP contribution in [0.15, 0.2) is 48.7 Å². The van der Waals surface area contributed by atoms with Crippen LogP contribution < -0.4 is 14.4 Å². The van der Waals surface area contributed by atoms with Crippen LogP contribution in [0.2, 0.25) is 0 Å². The van der Waals surface area contributed by atoms with Gasteiger partial charge in [-0.25, -0.2) is 9.97 Å². The van der Waals surface area contributed by atoms with Crippen molar-refractivity contribution in [2.24, 2.45) is 0 Å². The van der Waals surface area contributed by atoms with E-state index in [1.807, 2.05) is 41.3 Å². The Morgan fingerprint density at radius 1 is 1.00 bits per heavy atom. The number of nitrogens with zero attached hydrogens (tertiary/aromatic N) is 5. The van der Waals surface area contributed by atoms with Gasteiger partial charge in [-0.15, -0.1) is 16.4 Å². The van der Waals surface area contributed by atoms with Gasteiger partial charge in [0.25, 0.3) is 0 Å². The molecule has 0 saturated carbocycles. The van der Waals surface area contributed by atoms with Crippen LogP contribution in [-0.4, -0.2) is 52.6 Å². The van der Waals surface area contributed by atoms with Crippen molar-refractivity contribution in [3.8, 4) is 22.8 Å². The number of aromatic nitrogens is 4. The van der Waals surface area contributed by atoms with Gasteiger partial charge in [0, 0.05) is 13.2 Å². The summed E-state index contributed by atoms with van der Waals surface area (Å²) in [5.41, 5.74) is 2.28. The minimum atomic E-state index is 0.0732. The highest BCUT2D eigenvalue weighted by molar-refractivity contribution is 7.18. The summed E-state index contributed by atoms with van der Waals surface area (Å²) in [6.45, 7) is 1.16. The quantitative estimate of drug-likeness (QED) is 0.425. The SMILES string of the molecule is COc1cccc(OC)c1-c1cnnc(N(CCCO)Cc2nc3ccccc3s2)n1. The van der Waals surface area contributed by atoms with E-state index in [1.54, 1.807) is 31.8 Å². The lowest BCUT2D eigenvalue weighted by Crippen LogP contribution is -2.27. The molecule has 0 aliphatic heterocycles. The molecule has 2 heterocycles. The van der Waals surface area contributed by atoms with E-state index in [9.17, 15) is 5.11 Å². The van der Waals surface area contributed by atoms with Gasteiger partial charge in [0.1, 0.15) is 22.2 Å². The van der Waals surface area contributed by atoms with E-state index in [0.29, 0.717) is 48.2 Å². The molecule has 0 aliphatic carbocycles. The molecular weight excluding hydrogens is 414 g/mol.